The van der Waals surface area contributed by atoms with E-state index in [4.69, 9.17) is 0 Å². The molecule has 0 N–H and O–H groups in total. The van der Waals surface area contributed by atoms with E-state index in [2.05, 4.69) is 26.7 Å². The first kappa shape index (κ1) is 9.66. The predicted octanol–water partition coefficient (Wildman–Crippen LogP) is 0.627. The van der Waals surface area contributed by atoms with Gasteiger partial charge < -0.3 is 4.90 Å². The maximum absolute atomic E-state index is 10.0. The van der Waals surface area contributed by atoms with Crippen LogP contribution in [0, 0.1) is 11.8 Å². The van der Waals surface area contributed by atoms with Crippen molar-refractivity contribution in [1.29, 1.82) is 0 Å². The second-order valence-electron chi connectivity index (χ2n) is 3.35. The second kappa shape index (κ2) is 4.56. The highest BCUT2D eigenvalue weighted by molar-refractivity contribution is 5.73. The monoisotopic (exact) mass is 201 g/mol. The topological polar surface area (TPSA) is 46.1 Å². The van der Waals surface area contributed by atoms with Gasteiger partial charge in [0.15, 0.2) is 6.29 Å². The van der Waals surface area contributed by atoms with Crippen molar-refractivity contribution in [3.8, 4) is 11.8 Å². The smallest absolute Gasteiger partial charge is 0.225 e. The molecule has 0 radical (unpaired) electrons. The number of nitrogens with zero attached hydrogens (tertiary/aromatic N) is 3. The molecule has 2 rings (SSSR count). The van der Waals surface area contributed by atoms with Crippen LogP contribution < -0.4 is 4.90 Å². The van der Waals surface area contributed by atoms with Gasteiger partial charge in [0.05, 0.1) is 5.56 Å². The molecular weight excluding hydrogens is 190 g/mol. The first-order valence-corrected chi connectivity index (χ1v) is 4.92. The molecule has 1 saturated heterocycles. The fraction of sp³-hybridized carbons (Fsp3) is 0.364. The van der Waals surface area contributed by atoms with Crippen molar-refractivity contribution >= 4 is 12.2 Å². The Kier molecular flexibility index (Phi) is 2.93. The molecule has 0 aliphatic carbocycles. The molecule has 76 valence electrons. The number of anilines is 1. The molecule has 0 bridgehead atoms. The van der Waals surface area contributed by atoms with E-state index < -0.39 is 0 Å². The van der Waals surface area contributed by atoms with E-state index >= 15 is 0 Å². The summed E-state index contributed by atoms with van der Waals surface area (Å²) >= 11 is 0. The summed E-state index contributed by atoms with van der Waals surface area (Å²) in [6, 6.07) is 0. The lowest BCUT2D eigenvalue weighted by atomic mass is 10.3. The molecule has 1 aromatic heterocycles. The molecule has 0 unspecified atom stereocenters. The molecule has 0 aromatic carbocycles. The van der Waals surface area contributed by atoms with Crippen LogP contribution in [-0.4, -0.2) is 29.3 Å². The molecule has 1 aliphatic heterocycles. The molecule has 1 aliphatic rings. The van der Waals surface area contributed by atoms with Crippen LogP contribution in [0.25, 0.3) is 0 Å². The molecule has 4 nitrogen and oxygen atoms in total. The van der Waals surface area contributed by atoms with Gasteiger partial charge >= 0.3 is 0 Å². The molecule has 2 heterocycles. The lowest BCUT2D eigenvalue weighted by molar-refractivity contribution is -0.103. The zero-order valence-electron chi connectivity index (χ0n) is 8.31. The zero-order chi connectivity index (χ0) is 10.5. The Hall–Kier alpha value is -1.89. The van der Waals surface area contributed by atoms with Gasteiger partial charge in [-0.05, 0) is 18.8 Å². The van der Waals surface area contributed by atoms with Crippen LogP contribution in [0.5, 0.6) is 0 Å². The average molecular weight is 201 g/mol. The van der Waals surface area contributed by atoms with Crippen molar-refractivity contribution in [3.05, 3.63) is 18.0 Å². The average Bonchev–Trinajstić information content (AvgIpc) is 2.80. The maximum atomic E-state index is 10.0. The van der Waals surface area contributed by atoms with Gasteiger partial charge in [-0.1, -0.05) is 5.92 Å². The van der Waals surface area contributed by atoms with Crippen molar-refractivity contribution in [2.75, 3.05) is 18.0 Å². The quantitative estimate of drug-likeness (QED) is 0.494. The molecule has 4 heteroatoms. The van der Waals surface area contributed by atoms with Gasteiger partial charge in [0.25, 0.3) is 0 Å². The zero-order valence-corrected chi connectivity index (χ0v) is 8.31. The summed E-state index contributed by atoms with van der Waals surface area (Å²) in [5.74, 6) is 5.73. The fourth-order valence-electron chi connectivity index (χ4n) is 1.58. The van der Waals surface area contributed by atoms with Crippen molar-refractivity contribution in [2.45, 2.75) is 12.8 Å². The number of hydrogen-bond acceptors (Lipinski definition) is 4. The van der Waals surface area contributed by atoms with Crippen molar-refractivity contribution < 1.29 is 4.79 Å². The Labute approximate surface area is 88.3 Å². The molecule has 0 saturated carbocycles. The van der Waals surface area contributed by atoms with Gasteiger partial charge in [-0.3, -0.25) is 4.79 Å². The summed E-state index contributed by atoms with van der Waals surface area (Å²) in [6.45, 7) is 2.05. The van der Waals surface area contributed by atoms with E-state index in [1.165, 1.54) is 12.8 Å². The van der Waals surface area contributed by atoms with Crippen LogP contribution >= 0.6 is 0 Å². The summed E-state index contributed by atoms with van der Waals surface area (Å²) in [5, 5.41) is 0. The minimum atomic E-state index is 0.564. The first-order valence-electron chi connectivity index (χ1n) is 4.92. The van der Waals surface area contributed by atoms with Crippen molar-refractivity contribution in [3.63, 3.8) is 0 Å². The van der Waals surface area contributed by atoms with E-state index in [0.717, 1.165) is 19.0 Å². The number of carbonyl (C=O) groups excluding carboxylic acids is 1. The molecule has 0 spiro atoms. The predicted molar refractivity (Wildman–Crippen MR) is 56.4 cm³/mol. The lowest BCUT2D eigenvalue weighted by Crippen LogP contribution is -2.20. The largest absolute Gasteiger partial charge is 0.341 e. The Morgan fingerprint density at radius 1 is 1.27 bits per heavy atom. The highest BCUT2D eigenvalue weighted by Gasteiger charge is 2.13. The van der Waals surface area contributed by atoms with Crippen LogP contribution in [0.2, 0.25) is 0 Å². The van der Waals surface area contributed by atoms with E-state index in [1.54, 1.807) is 12.4 Å². The molecule has 1 aromatic rings. The van der Waals surface area contributed by atoms with Crippen LogP contribution in [0.15, 0.2) is 12.4 Å². The fourth-order valence-corrected chi connectivity index (χ4v) is 1.58. The minimum Gasteiger partial charge on any atom is -0.341 e. The molecule has 0 atom stereocenters. The van der Waals surface area contributed by atoms with Gasteiger partial charge in [-0.25, -0.2) is 9.97 Å². The van der Waals surface area contributed by atoms with Gasteiger partial charge in [0.1, 0.15) is 0 Å². The van der Waals surface area contributed by atoms with Gasteiger partial charge in [0, 0.05) is 25.5 Å². The van der Waals surface area contributed by atoms with Crippen molar-refractivity contribution in [2.24, 2.45) is 0 Å². The van der Waals surface area contributed by atoms with Crippen LogP contribution in [0.4, 0.5) is 5.95 Å². The Balaban J connectivity index is 2.12. The Bertz CT molecular complexity index is 396. The maximum Gasteiger partial charge on any atom is 0.225 e. The van der Waals surface area contributed by atoms with E-state index in [1.807, 2.05) is 0 Å². The highest BCUT2D eigenvalue weighted by atomic mass is 16.1. The van der Waals surface area contributed by atoms with Gasteiger partial charge in [-0.2, -0.15) is 0 Å². The van der Waals surface area contributed by atoms with Gasteiger partial charge in [0.2, 0.25) is 5.95 Å². The lowest BCUT2D eigenvalue weighted by Gasteiger charge is -2.13. The minimum absolute atomic E-state index is 0.564. The third-order valence-electron chi connectivity index (χ3n) is 2.30. The summed E-state index contributed by atoms with van der Waals surface area (Å²) in [7, 11) is 0. The third-order valence-corrected chi connectivity index (χ3v) is 2.30. The molecular formula is C11H11N3O. The Morgan fingerprint density at radius 3 is 2.53 bits per heavy atom. The number of hydrogen-bond donors (Lipinski definition) is 0. The molecule has 15 heavy (non-hydrogen) atoms. The number of carbonyl (C=O) groups is 1. The van der Waals surface area contributed by atoms with Crippen molar-refractivity contribution in [1.82, 2.24) is 9.97 Å². The first-order chi connectivity index (χ1) is 7.40. The highest BCUT2D eigenvalue weighted by Crippen LogP contribution is 2.14. The molecule has 0 amide bonds. The summed E-state index contributed by atoms with van der Waals surface area (Å²) in [4.78, 5) is 20.6. The summed E-state index contributed by atoms with van der Waals surface area (Å²) in [5.41, 5.74) is 0.671. The summed E-state index contributed by atoms with van der Waals surface area (Å²) < 4.78 is 0. The standard InChI is InChI=1S/C11H11N3O/c15-7-3-4-10-8-12-11(13-9-10)14-5-1-2-6-14/h7-9H,1-2,5-6H2. The number of rotatable bonds is 1. The Morgan fingerprint density at radius 2 is 1.93 bits per heavy atom. The summed E-state index contributed by atoms with van der Waals surface area (Å²) in [6.07, 6.45) is 6.27. The third kappa shape index (κ3) is 2.32. The second-order valence-corrected chi connectivity index (χ2v) is 3.35. The normalized spacial score (nSPS) is 14.5. The van der Waals surface area contributed by atoms with Crippen LogP contribution in [-0.2, 0) is 4.79 Å². The number of aldehydes is 1. The van der Waals surface area contributed by atoms with E-state index in [-0.39, 0.29) is 0 Å². The van der Waals surface area contributed by atoms with Crippen LogP contribution in [0.1, 0.15) is 18.4 Å². The number of aromatic nitrogens is 2. The van der Waals surface area contributed by atoms with Crippen LogP contribution in [0.3, 0.4) is 0 Å². The van der Waals surface area contributed by atoms with E-state index in [0.29, 0.717) is 11.8 Å². The van der Waals surface area contributed by atoms with E-state index in [9.17, 15) is 4.79 Å². The SMILES string of the molecule is O=CC#Cc1cnc(N2CCCC2)nc1. The van der Waals surface area contributed by atoms with Gasteiger partial charge in [-0.15, -0.1) is 0 Å². The molecule has 1 fully saturated rings.